The number of aryl methyl sites for hydroxylation is 1. The Morgan fingerprint density at radius 1 is 1.53 bits per heavy atom. The smallest absolute Gasteiger partial charge is 0.308 e. The lowest BCUT2D eigenvalue weighted by Crippen LogP contribution is -2.04. The zero-order valence-electron chi connectivity index (χ0n) is 10.3. The molecule has 2 rings (SSSR count). The standard InChI is InChI=1S/C14H18O3/c1-9-4-3-5-13(15)11(9)7-6-10-8-12(10)14(16)17-2/h3-5,10,12,15H,6-8H2,1-2H3. The molecule has 0 bridgehead atoms. The molecule has 0 saturated heterocycles. The van der Waals surface area contributed by atoms with Gasteiger partial charge in [0.1, 0.15) is 5.75 Å². The molecule has 1 aromatic rings. The fraction of sp³-hybridized carbons (Fsp3) is 0.500. The molecule has 0 heterocycles. The molecule has 17 heavy (non-hydrogen) atoms. The Morgan fingerprint density at radius 3 is 2.94 bits per heavy atom. The first-order valence-corrected chi connectivity index (χ1v) is 5.98. The number of hydrogen-bond acceptors (Lipinski definition) is 3. The third-order valence-electron chi connectivity index (χ3n) is 3.58. The highest BCUT2D eigenvalue weighted by Crippen LogP contribution is 2.43. The summed E-state index contributed by atoms with van der Waals surface area (Å²) in [5.74, 6) is 0.789. The molecule has 1 aliphatic rings. The van der Waals surface area contributed by atoms with Crippen molar-refractivity contribution in [3.05, 3.63) is 29.3 Å². The number of aromatic hydroxyl groups is 1. The van der Waals surface area contributed by atoms with E-state index in [1.807, 2.05) is 19.1 Å². The Labute approximate surface area is 101 Å². The van der Waals surface area contributed by atoms with Crippen molar-refractivity contribution in [2.45, 2.75) is 26.2 Å². The van der Waals surface area contributed by atoms with E-state index in [-0.39, 0.29) is 11.9 Å². The van der Waals surface area contributed by atoms with Gasteiger partial charge in [0.25, 0.3) is 0 Å². The van der Waals surface area contributed by atoms with E-state index in [4.69, 9.17) is 4.74 Å². The molecule has 1 aromatic carbocycles. The highest BCUT2D eigenvalue weighted by atomic mass is 16.5. The average Bonchev–Trinajstić information content (AvgIpc) is 3.07. The van der Waals surface area contributed by atoms with Crippen molar-refractivity contribution in [3.63, 3.8) is 0 Å². The summed E-state index contributed by atoms with van der Waals surface area (Å²) in [5.41, 5.74) is 2.11. The van der Waals surface area contributed by atoms with Crippen LogP contribution in [0.15, 0.2) is 18.2 Å². The molecule has 3 heteroatoms. The van der Waals surface area contributed by atoms with Crippen LogP contribution in [-0.4, -0.2) is 18.2 Å². The van der Waals surface area contributed by atoms with Crippen LogP contribution in [0, 0.1) is 18.8 Å². The van der Waals surface area contributed by atoms with Crippen molar-refractivity contribution in [2.75, 3.05) is 7.11 Å². The molecule has 2 unspecified atom stereocenters. The molecule has 0 aromatic heterocycles. The van der Waals surface area contributed by atoms with E-state index in [1.54, 1.807) is 6.07 Å². The van der Waals surface area contributed by atoms with Crippen LogP contribution in [0.3, 0.4) is 0 Å². The first kappa shape index (κ1) is 12.0. The van der Waals surface area contributed by atoms with Crippen LogP contribution in [0.2, 0.25) is 0 Å². The van der Waals surface area contributed by atoms with Crippen LogP contribution in [0.5, 0.6) is 5.75 Å². The fourth-order valence-corrected chi connectivity index (χ4v) is 2.35. The minimum Gasteiger partial charge on any atom is -0.508 e. The Kier molecular flexibility index (Phi) is 3.36. The number of methoxy groups -OCH3 is 1. The highest BCUT2D eigenvalue weighted by molar-refractivity contribution is 5.75. The van der Waals surface area contributed by atoms with Crippen molar-refractivity contribution in [1.29, 1.82) is 0 Å². The summed E-state index contributed by atoms with van der Waals surface area (Å²) >= 11 is 0. The maximum atomic E-state index is 11.3. The van der Waals surface area contributed by atoms with Gasteiger partial charge in [-0.15, -0.1) is 0 Å². The number of carbonyl (C=O) groups excluding carboxylic acids is 1. The minimum absolute atomic E-state index is 0.0890. The third-order valence-corrected chi connectivity index (χ3v) is 3.58. The third kappa shape index (κ3) is 2.60. The van der Waals surface area contributed by atoms with Gasteiger partial charge in [0.15, 0.2) is 0 Å². The van der Waals surface area contributed by atoms with Gasteiger partial charge >= 0.3 is 5.97 Å². The summed E-state index contributed by atoms with van der Waals surface area (Å²) < 4.78 is 4.72. The SMILES string of the molecule is COC(=O)C1CC1CCc1c(C)cccc1O. The first-order chi connectivity index (χ1) is 8.13. The van der Waals surface area contributed by atoms with Gasteiger partial charge < -0.3 is 9.84 Å². The van der Waals surface area contributed by atoms with Crippen molar-refractivity contribution < 1.29 is 14.6 Å². The molecule has 1 N–H and O–H groups in total. The maximum absolute atomic E-state index is 11.3. The van der Waals surface area contributed by atoms with Crippen LogP contribution in [0.4, 0.5) is 0 Å². The summed E-state index contributed by atoms with van der Waals surface area (Å²) in [5, 5.41) is 9.75. The quantitative estimate of drug-likeness (QED) is 0.814. The Balaban J connectivity index is 1.90. The number of rotatable bonds is 4. The van der Waals surface area contributed by atoms with Gasteiger partial charge in [-0.3, -0.25) is 4.79 Å². The number of benzene rings is 1. The lowest BCUT2D eigenvalue weighted by molar-refractivity contribution is -0.142. The predicted molar refractivity (Wildman–Crippen MR) is 64.8 cm³/mol. The number of phenols is 1. The molecule has 92 valence electrons. The number of carbonyl (C=O) groups is 1. The van der Waals surface area contributed by atoms with Crippen molar-refractivity contribution >= 4 is 5.97 Å². The summed E-state index contributed by atoms with van der Waals surface area (Å²) in [6, 6.07) is 5.56. The average molecular weight is 234 g/mol. The molecular weight excluding hydrogens is 216 g/mol. The second-order valence-electron chi connectivity index (χ2n) is 4.74. The second kappa shape index (κ2) is 4.78. The number of phenolic OH excluding ortho intramolecular Hbond substituents is 1. The second-order valence-corrected chi connectivity index (χ2v) is 4.74. The number of esters is 1. The maximum Gasteiger partial charge on any atom is 0.308 e. The van der Waals surface area contributed by atoms with Crippen molar-refractivity contribution in [3.8, 4) is 5.75 Å². The van der Waals surface area contributed by atoms with Crippen molar-refractivity contribution in [2.24, 2.45) is 11.8 Å². The van der Waals surface area contributed by atoms with E-state index >= 15 is 0 Å². The van der Waals surface area contributed by atoms with E-state index in [9.17, 15) is 9.90 Å². The van der Waals surface area contributed by atoms with Crippen LogP contribution in [0.1, 0.15) is 24.0 Å². The largest absolute Gasteiger partial charge is 0.508 e. The Morgan fingerprint density at radius 2 is 2.29 bits per heavy atom. The van der Waals surface area contributed by atoms with Gasteiger partial charge in [0.2, 0.25) is 0 Å². The molecular formula is C14H18O3. The molecule has 2 atom stereocenters. The highest BCUT2D eigenvalue weighted by Gasteiger charge is 2.43. The first-order valence-electron chi connectivity index (χ1n) is 5.98. The molecule has 0 amide bonds. The van der Waals surface area contributed by atoms with E-state index in [0.717, 1.165) is 30.4 Å². The van der Waals surface area contributed by atoms with Crippen LogP contribution in [0.25, 0.3) is 0 Å². The van der Waals surface area contributed by atoms with Crippen LogP contribution in [-0.2, 0) is 16.0 Å². The Bertz CT molecular complexity index is 405. The van der Waals surface area contributed by atoms with Gasteiger partial charge in [-0.05, 0) is 49.3 Å². The number of hydrogen-bond donors (Lipinski definition) is 1. The molecule has 1 fully saturated rings. The zero-order valence-corrected chi connectivity index (χ0v) is 10.3. The van der Waals surface area contributed by atoms with E-state index in [0.29, 0.717) is 11.7 Å². The van der Waals surface area contributed by atoms with E-state index in [2.05, 4.69) is 0 Å². The minimum atomic E-state index is -0.0935. The van der Waals surface area contributed by atoms with Gasteiger partial charge in [-0.2, -0.15) is 0 Å². The lowest BCUT2D eigenvalue weighted by atomic mass is 10.0. The fourth-order valence-electron chi connectivity index (χ4n) is 2.35. The monoisotopic (exact) mass is 234 g/mol. The zero-order chi connectivity index (χ0) is 12.4. The summed E-state index contributed by atoms with van der Waals surface area (Å²) in [6.45, 7) is 2.00. The molecule has 0 radical (unpaired) electrons. The van der Waals surface area contributed by atoms with Crippen LogP contribution < -0.4 is 0 Å². The van der Waals surface area contributed by atoms with Crippen molar-refractivity contribution in [1.82, 2.24) is 0 Å². The van der Waals surface area contributed by atoms with Gasteiger partial charge in [-0.1, -0.05) is 12.1 Å². The lowest BCUT2D eigenvalue weighted by Gasteiger charge is -2.07. The number of ether oxygens (including phenoxy) is 1. The van der Waals surface area contributed by atoms with Crippen LogP contribution >= 0.6 is 0 Å². The summed E-state index contributed by atoms with van der Waals surface area (Å²) in [4.78, 5) is 11.3. The molecule has 3 nitrogen and oxygen atoms in total. The molecule has 0 aliphatic heterocycles. The van der Waals surface area contributed by atoms with Gasteiger partial charge in [0, 0.05) is 0 Å². The molecule has 1 saturated carbocycles. The van der Waals surface area contributed by atoms with E-state index < -0.39 is 0 Å². The van der Waals surface area contributed by atoms with Gasteiger partial charge in [-0.25, -0.2) is 0 Å². The molecule has 1 aliphatic carbocycles. The summed E-state index contributed by atoms with van der Waals surface area (Å²) in [7, 11) is 1.44. The van der Waals surface area contributed by atoms with Gasteiger partial charge in [0.05, 0.1) is 13.0 Å². The van der Waals surface area contributed by atoms with E-state index in [1.165, 1.54) is 7.11 Å². The predicted octanol–water partition coefficient (Wildman–Crippen LogP) is 2.44. The molecule has 0 spiro atoms. The summed E-state index contributed by atoms with van der Waals surface area (Å²) in [6.07, 6.45) is 2.70. The normalized spacial score (nSPS) is 22.2. The Hall–Kier alpha value is -1.51. The topological polar surface area (TPSA) is 46.5 Å².